The molecule has 0 bridgehead atoms. The Bertz CT molecular complexity index is 624. The highest BCUT2D eigenvalue weighted by atomic mass is 32.2. The van der Waals surface area contributed by atoms with Crippen molar-refractivity contribution < 1.29 is 14.6 Å². The van der Waals surface area contributed by atoms with Gasteiger partial charge in [-0.05, 0) is 11.5 Å². The van der Waals surface area contributed by atoms with E-state index in [9.17, 15) is 9.90 Å². The fourth-order valence-electron chi connectivity index (χ4n) is 2.85. The molecular formula is C17H19NO3S2. The van der Waals surface area contributed by atoms with Crippen LogP contribution in [0.4, 0.5) is 0 Å². The number of aliphatic hydroxyl groups excluding tert-OH is 1. The van der Waals surface area contributed by atoms with E-state index in [0.717, 1.165) is 18.7 Å². The molecule has 0 radical (unpaired) electrons. The average molecular weight is 349 g/mol. The van der Waals surface area contributed by atoms with Crippen LogP contribution in [0.15, 0.2) is 41.0 Å². The molecule has 1 saturated heterocycles. The Hall–Kier alpha value is -1.37. The minimum Gasteiger partial charge on any atom is -0.511 e. The van der Waals surface area contributed by atoms with Gasteiger partial charge in [-0.2, -0.15) is 0 Å². The summed E-state index contributed by atoms with van der Waals surface area (Å²) >= 11 is 6.64. The van der Waals surface area contributed by atoms with Crippen LogP contribution in [0.5, 0.6) is 0 Å². The SMILES string of the molecule is O=C1CC(c2ccccc2)CC(O)=C1SC(=S)N1CCOCC1. The average Bonchev–Trinajstić information content (AvgIpc) is 2.59. The Morgan fingerprint density at radius 1 is 1.22 bits per heavy atom. The first kappa shape index (κ1) is 16.5. The zero-order valence-corrected chi connectivity index (χ0v) is 14.4. The molecule has 1 unspecified atom stereocenters. The summed E-state index contributed by atoms with van der Waals surface area (Å²) < 4.78 is 5.95. The van der Waals surface area contributed by atoms with Gasteiger partial charge >= 0.3 is 0 Å². The smallest absolute Gasteiger partial charge is 0.173 e. The normalized spacial score (nSPS) is 22.3. The number of hydrogen-bond acceptors (Lipinski definition) is 5. The van der Waals surface area contributed by atoms with Gasteiger partial charge in [-0.15, -0.1) is 0 Å². The van der Waals surface area contributed by atoms with Crippen LogP contribution in [0.3, 0.4) is 0 Å². The number of carbonyl (C=O) groups excluding carboxylic acids is 1. The summed E-state index contributed by atoms with van der Waals surface area (Å²) in [6.45, 7) is 2.77. The molecule has 1 fully saturated rings. The number of thioether (sulfide) groups is 1. The lowest BCUT2D eigenvalue weighted by molar-refractivity contribution is -0.115. The maximum atomic E-state index is 12.5. The number of benzene rings is 1. The number of nitrogens with zero attached hydrogens (tertiary/aromatic N) is 1. The molecule has 1 aliphatic carbocycles. The molecule has 2 aliphatic rings. The van der Waals surface area contributed by atoms with E-state index in [1.807, 2.05) is 35.2 Å². The van der Waals surface area contributed by atoms with Gasteiger partial charge in [0.15, 0.2) is 5.78 Å². The first-order valence-electron chi connectivity index (χ1n) is 7.70. The lowest BCUT2D eigenvalue weighted by Gasteiger charge is -2.30. The predicted molar refractivity (Wildman–Crippen MR) is 95.7 cm³/mol. The number of morpholine rings is 1. The maximum absolute atomic E-state index is 12.5. The van der Waals surface area contributed by atoms with Gasteiger partial charge in [-0.3, -0.25) is 4.79 Å². The molecule has 1 aromatic rings. The summed E-state index contributed by atoms with van der Waals surface area (Å²) in [6.07, 6.45) is 0.909. The third kappa shape index (κ3) is 3.94. The van der Waals surface area contributed by atoms with Crippen molar-refractivity contribution in [1.82, 2.24) is 4.90 Å². The zero-order valence-electron chi connectivity index (χ0n) is 12.7. The molecule has 3 rings (SSSR count). The lowest BCUT2D eigenvalue weighted by Crippen LogP contribution is -2.38. The van der Waals surface area contributed by atoms with E-state index in [1.165, 1.54) is 11.8 Å². The van der Waals surface area contributed by atoms with E-state index in [0.29, 0.717) is 35.3 Å². The second kappa shape index (κ2) is 7.47. The minimum atomic E-state index is -0.0248. The molecule has 1 aliphatic heterocycles. The van der Waals surface area contributed by atoms with Crippen LogP contribution in [0, 0.1) is 0 Å². The Kier molecular flexibility index (Phi) is 5.35. The Labute approximate surface area is 145 Å². The standard InChI is InChI=1S/C17H19NO3S2/c19-14-10-13(12-4-2-1-3-5-12)11-15(20)16(14)23-17(22)18-6-8-21-9-7-18/h1-5,13,19H,6-11H2. The Morgan fingerprint density at radius 3 is 2.57 bits per heavy atom. The number of rotatable bonds is 2. The number of ketones is 1. The molecule has 0 amide bonds. The molecule has 0 saturated carbocycles. The summed E-state index contributed by atoms with van der Waals surface area (Å²) in [6, 6.07) is 9.87. The zero-order chi connectivity index (χ0) is 16.2. The number of carbonyl (C=O) groups is 1. The minimum absolute atomic E-state index is 0.0248. The summed E-state index contributed by atoms with van der Waals surface area (Å²) in [7, 11) is 0. The molecule has 1 atom stereocenters. The highest BCUT2D eigenvalue weighted by molar-refractivity contribution is 8.26. The molecule has 0 aromatic heterocycles. The van der Waals surface area contributed by atoms with Crippen molar-refractivity contribution in [2.24, 2.45) is 0 Å². The summed E-state index contributed by atoms with van der Waals surface area (Å²) in [5.74, 6) is 0.184. The van der Waals surface area contributed by atoms with Gasteiger partial charge in [-0.25, -0.2) is 0 Å². The highest BCUT2D eigenvalue weighted by Crippen LogP contribution is 2.38. The topological polar surface area (TPSA) is 49.8 Å². The summed E-state index contributed by atoms with van der Waals surface area (Å²) in [5.41, 5.74) is 1.09. The molecule has 6 heteroatoms. The third-order valence-corrected chi connectivity index (χ3v) is 5.72. The number of allylic oxidation sites excluding steroid dienone is 2. The van der Waals surface area contributed by atoms with Crippen LogP contribution in [0.25, 0.3) is 0 Å². The summed E-state index contributed by atoms with van der Waals surface area (Å²) in [5, 5.41) is 10.4. The first-order valence-corrected chi connectivity index (χ1v) is 8.92. The molecule has 122 valence electrons. The van der Waals surface area contributed by atoms with Crippen LogP contribution in [0.1, 0.15) is 24.3 Å². The maximum Gasteiger partial charge on any atom is 0.173 e. The third-order valence-electron chi connectivity index (χ3n) is 4.12. The van der Waals surface area contributed by atoms with Crippen LogP contribution in [0.2, 0.25) is 0 Å². The van der Waals surface area contributed by atoms with Crippen LogP contribution in [-0.2, 0) is 9.53 Å². The quantitative estimate of drug-likeness (QED) is 0.827. The van der Waals surface area contributed by atoms with Crippen molar-refractivity contribution >= 4 is 34.1 Å². The van der Waals surface area contributed by atoms with Gasteiger partial charge in [0.2, 0.25) is 0 Å². The van der Waals surface area contributed by atoms with Crippen LogP contribution >= 0.6 is 24.0 Å². The van der Waals surface area contributed by atoms with Gasteiger partial charge < -0.3 is 14.7 Å². The van der Waals surface area contributed by atoms with Crippen LogP contribution in [-0.4, -0.2) is 46.4 Å². The molecule has 1 heterocycles. The van der Waals surface area contributed by atoms with E-state index in [-0.39, 0.29) is 17.5 Å². The van der Waals surface area contributed by atoms with Gasteiger partial charge in [0.05, 0.1) is 18.1 Å². The molecule has 1 aromatic carbocycles. The number of hydrogen-bond donors (Lipinski definition) is 1. The van der Waals surface area contributed by atoms with Crippen molar-refractivity contribution in [3.05, 3.63) is 46.6 Å². The largest absolute Gasteiger partial charge is 0.511 e. The molecule has 1 N–H and O–H groups in total. The van der Waals surface area contributed by atoms with Crippen molar-refractivity contribution in [1.29, 1.82) is 0 Å². The van der Waals surface area contributed by atoms with Gasteiger partial charge in [0.1, 0.15) is 10.1 Å². The van der Waals surface area contributed by atoms with Gasteiger partial charge in [0, 0.05) is 25.9 Å². The van der Waals surface area contributed by atoms with E-state index >= 15 is 0 Å². The van der Waals surface area contributed by atoms with Crippen molar-refractivity contribution in [3.63, 3.8) is 0 Å². The first-order chi connectivity index (χ1) is 11.1. The molecular weight excluding hydrogens is 330 g/mol. The molecule has 0 spiro atoms. The van der Waals surface area contributed by atoms with E-state index < -0.39 is 0 Å². The fourth-order valence-corrected chi connectivity index (χ4v) is 4.17. The molecule has 4 nitrogen and oxygen atoms in total. The van der Waals surface area contributed by atoms with E-state index in [4.69, 9.17) is 17.0 Å². The van der Waals surface area contributed by atoms with E-state index in [2.05, 4.69) is 0 Å². The second-order valence-corrected chi connectivity index (χ2v) is 7.33. The monoisotopic (exact) mass is 349 g/mol. The fraction of sp³-hybridized carbons (Fsp3) is 0.412. The number of Topliss-reactive ketones (excluding diaryl/α,β-unsaturated/α-hetero) is 1. The Balaban J connectivity index is 1.70. The number of ether oxygens (including phenoxy) is 1. The lowest BCUT2D eigenvalue weighted by atomic mass is 9.86. The summed E-state index contributed by atoms with van der Waals surface area (Å²) in [4.78, 5) is 14.9. The van der Waals surface area contributed by atoms with Gasteiger partial charge in [-0.1, -0.05) is 54.3 Å². The van der Waals surface area contributed by atoms with Crippen molar-refractivity contribution in [2.75, 3.05) is 26.3 Å². The number of aliphatic hydroxyl groups is 1. The second-order valence-electron chi connectivity index (χ2n) is 5.68. The predicted octanol–water partition coefficient (Wildman–Crippen LogP) is 3.25. The Morgan fingerprint density at radius 2 is 1.91 bits per heavy atom. The van der Waals surface area contributed by atoms with Crippen LogP contribution < -0.4 is 0 Å². The van der Waals surface area contributed by atoms with E-state index in [1.54, 1.807) is 0 Å². The number of thiocarbonyl (C=S) groups is 1. The van der Waals surface area contributed by atoms with Gasteiger partial charge in [0.25, 0.3) is 0 Å². The van der Waals surface area contributed by atoms with Crippen molar-refractivity contribution in [3.8, 4) is 0 Å². The highest BCUT2D eigenvalue weighted by Gasteiger charge is 2.30. The molecule has 23 heavy (non-hydrogen) atoms. The van der Waals surface area contributed by atoms with Crippen molar-refractivity contribution in [2.45, 2.75) is 18.8 Å².